The molecule has 2 aromatic rings. The first-order chi connectivity index (χ1) is 11.1. The molecule has 0 aliphatic carbocycles. The van der Waals surface area contributed by atoms with Gasteiger partial charge in [0.25, 0.3) is 0 Å². The van der Waals surface area contributed by atoms with Gasteiger partial charge in [0.1, 0.15) is 5.82 Å². The summed E-state index contributed by atoms with van der Waals surface area (Å²) in [7, 11) is 0. The monoisotopic (exact) mass is 340 g/mol. The Hall–Kier alpha value is -2.22. The number of hydrogen-bond donors (Lipinski definition) is 2. The van der Waals surface area contributed by atoms with Gasteiger partial charge in [-0.25, -0.2) is 9.97 Å². The van der Waals surface area contributed by atoms with E-state index in [2.05, 4.69) is 20.3 Å². The third kappa shape index (κ3) is 4.41. The first-order valence-electron chi connectivity index (χ1n) is 7.42. The molecule has 0 aromatic carbocycles. The number of halogens is 3. The number of hydrogen-bond acceptors (Lipinski definition) is 5. The van der Waals surface area contributed by atoms with E-state index in [1.54, 1.807) is 6.92 Å². The van der Waals surface area contributed by atoms with Gasteiger partial charge in [0, 0.05) is 30.6 Å². The van der Waals surface area contributed by atoms with Crippen LogP contribution >= 0.6 is 0 Å². The van der Waals surface area contributed by atoms with Crippen LogP contribution in [0.2, 0.25) is 0 Å². The van der Waals surface area contributed by atoms with Crippen LogP contribution in [0, 0.1) is 5.92 Å². The first kappa shape index (κ1) is 18.1. The third-order valence-corrected chi connectivity index (χ3v) is 3.83. The first-order valence-corrected chi connectivity index (χ1v) is 7.42. The minimum atomic E-state index is -4.60. The Balaban J connectivity index is 2.37. The molecule has 0 aliphatic rings. The van der Waals surface area contributed by atoms with Crippen molar-refractivity contribution in [3.05, 3.63) is 36.3 Å². The van der Waals surface area contributed by atoms with Crippen LogP contribution in [0.5, 0.6) is 0 Å². The fourth-order valence-electron chi connectivity index (χ4n) is 1.79. The van der Waals surface area contributed by atoms with Crippen molar-refractivity contribution in [2.75, 3.05) is 11.9 Å². The highest BCUT2D eigenvalue weighted by atomic mass is 19.4. The van der Waals surface area contributed by atoms with Gasteiger partial charge in [-0.3, -0.25) is 4.98 Å². The van der Waals surface area contributed by atoms with Crippen molar-refractivity contribution in [1.82, 2.24) is 15.0 Å². The van der Waals surface area contributed by atoms with Crippen molar-refractivity contribution in [3.8, 4) is 11.4 Å². The Bertz CT molecular complexity index is 687. The molecule has 5 nitrogen and oxygen atoms in total. The number of aliphatic hydroxyl groups is 1. The second kappa shape index (κ2) is 6.72. The van der Waals surface area contributed by atoms with Gasteiger partial charge >= 0.3 is 6.18 Å². The van der Waals surface area contributed by atoms with Crippen LogP contribution in [0.15, 0.2) is 30.6 Å². The molecule has 0 aliphatic heterocycles. The Labute approximate surface area is 138 Å². The zero-order valence-corrected chi connectivity index (χ0v) is 13.6. The molecule has 2 N–H and O–H groups in total. The molecule has 0 saturated carbocycles. The highest BCUT2D eigenvalue weighted by molar-refractivity contribution is 5.57. The summed E-state index contributed by atoms with van der Waals surface area (Å²) in [6.45, 7) is 5.32. The summed E-state index contributed by atoms with van der Waals surface area (Å²) in [6.07, 6.45) is -1.69. The molecule has 24 heavy (non-hydrogen) atoms. The minimum absolute atomic E-state index is 0.00469. The van der Waals surface area contributed by atoms with Crippen molar-refractivity contribution in [1.29, 1.82) is 0 Å². The van der Waals surface area contributed by atoms with Crippen LogP contribution in [0.1, 0.15) is 26.5 Å². The third-order valence-electron chi connectivity index (χ3n) is 3.83. The normalized spacial score (nSPS) is 14.5. The lowest BCUT2D eigenvalue weighted by Gasteiger charge is -2.28. The van der Waals surface area contributed by atoms with E-state index in [0.29, 0.717) is 5.56 Å². The summed E-state index contributed by atoms with van der Waals surface area (Å²) >= 11 is 0. The van der Waals surface area contributed by atoms with Crippen LogP contribution in [0.25, 0.3) is 11.4 Å². The lowest BCUT2D eigenvalue weighted by Crippen LogP contribution is -2.39. The zero-order chi connectivity index (χ0) is 18.0. The Morgan fingerprint density at radius 2 is 1.79 bits per heavy atom. The molecule has 0 bridgehead atoms. The Morgan fingerprint density at radius 3 is 2.33 bits per heavy atom. The molecule has 0 amide bonds. The van der Waals surface area contributed by atoms with E-state index in [4.69, 9.17) is 0 Å². The second-order valence-electron chi connectivity index (χ2n) is 6.06. The molecule has 0 saturated heterocycles. The quantitative estimate of drug-likeness (QED) is 0.873. The number of aromatic nitrogens is 3. The van der Waals surface area contributed by atoms with Gasteiger partial charge in [0.05, 0.1) is 5.60 Å². The van der Waals surface area contributed by atoms with E-state index in [9.17, 15) is 18.3 Å². The summed E-state index contributed by atoms with van der Waals surface area (Å²) in [5.41, 5.74) is -1.70. The zero-order valence-electron chi connectivity index (χ0n) is 13.6. The van der Waals surface area contributed by atoms with Crippen LogP contribution in [-0.2, 0) is 6.18 Å². The van der Waals surface area contributed by atoms with Crippen molar-refractivity contribution < 1.29 is 18.3 Å². The summed E-state index contributed by atoms with van der Waals surface area (Å²) in [4.78, 5) is 11.5. The standard InChI is InChI=1S/C16H19F3N4O/c1-10(2)15(3,24)9-21-13-8-12(16(17,18)19)22-14(23-13)11-4-6-20-7-5-11/h4-8,10,24H,9H2,1-3H3,(H,21,22,23). The molecule has 0 spiro atoms. The molecule has 2 heterocycles. The predicted octanol–water partition coefficient (Wildman–Crippen LogP) is 3.38. The number of nitrogens with zero attached hydrogens (tertiary/aromatic N) is 3. The number of alkyl halides is 3. The van der Waals surface area contributed by atoms with Crippen molar-refractivity contribution >= 4 is 5.82 Å². The van der Waals surface area contributed by atoms with Crippen LogP contribution < -0.4 is 5.32 Å². The molecule has 1 atom stereocenters. The molecule has 1 unspecified atom stereocenters. The highest BCUT2D eigenvalue weighted by Gasteiger charge is 2.34. The van der Waals surface area contributed by atoms with Gasteiger partial charge in [-0.1, -0.05) is 13.8 Å². The smallest absolute Gasteiger partial charge is 0.388 e. The van der Waals surface area contributed by atoms with E-state index >= 15 is 0 Å². The van der Waals surface area contributed by atoms with Crippen molar-refractivity contribution in [2.24, 2.45) is 5.92 Å². The molecule has 0 radical (unpaired) electrons. The van der Waals surface area contributed by atoms with E-state index in [1.165, 1.54) is 24.5 Å². The Morgan fingerprint density at radius 1 is 1.17 bits per heavy atom. The summed E-state index contributed by atoms with van der Waals surface area (Å²) in [5.74, 6) is -0.127. The van der Waals surface area contributed by atoms with Gasteiger partial charge in [-0.2, -0.15) is 13.2 Å². The van der Waals surface area contributed by atoms with E-state index < -0.39 is 17.5 Å². The van der Waals surface area contributed by atoms with Gasteiger partial charge in [0.2, 0.25) is 0 Å². The fourth-order valence-corrected chi connectivity index (χ4v) is 1.79. The fraction of sp³-hybridized carbons (Fsp3) is 0.438. The molecule has 130 valence electrons. The maximum Gasteiger partial charge on any atom is 0.433 e. The number of nitrogens with one attached hydrogen (secondary N) is 1. The average molecular weight is 340 g/mol. The highest BCUT2D eigenvalue weighted by Crippen LogP contribution is 2.31. The molecular formula is C16H19F3N4O. The lowest BCUT2D eigenvalue weighted by molar-refractivity contribution is -0.141. The largest absolute Gasteiger partial charge is 0.433 e. The topological polar surface area (TPSA) is 70.9 Å². The molecule has 0 fully saturated rings. The Kier molecular flexibility index (Phi) is 5.08. The number of rotatable bonds is 5. The molecule has 2 rings (SSSR count). The second-order valence-corrected chi connectivity index (χ2v) is 6.06. The lowest BCUT2D eigenvalue weighted by atomic mass is 9.92. The molecular weight excluding hydrogens is 321 g/mol. The van der Waals surface area contributed by atoms with Gasteiger partial charge in [-0.15, -0.1) is 0 Å². The summed E-state index contributed by atoms with van der Waals surface area (Å²) < 4.78 is 39.3. The van der Waals surface area contributed by atoms with Gasteiger partial charge in [-0.05, 0) is 25.0 Å². The van der Waals surface area contributed by atoms with E-state index in [1.807, 2.05) is 13.8 Å². The minimum Gasteiger partial charge on any atom is -0.388 e. The number of pyridine rings is 1. The maximum absolute atomic E-state index is 13.1. The van der Waals surface area contributed by atoms with Crippen LogP contribution in [0.3, 0.4) is 0 Å². The summed E-state index contributed by atoms with van der Waals surface area (Å²) in [5, 5.41) is 13.0. The van der Waals surface area contributed by atoms with Gasteiger partial charge < -0.3 is 10.4 Å². The SMILES string of the molecule is CC(C)C(C)(O)CNc1cc(C(F)(F)F)nc(-c2ccncc2)n1. The van der Waals surface area contributed by atoms with Crippen molar-refractivity contribution in [3.63, 3.8) is 0 Å². The maximum atomic E-state index is 13.1. The predicted molar refractivity (Wildman–Crippen MR) is 84.2 cm³/mol. The van der Waals surface area contributed by atoms with Crippen molar-refractivity contribution in [2.45, 2.75) is 32.5 Å². The van der Waals surface area contributed by atoms with Crippen LogP contribution in [-0.4, -0.2) is 32.2 Å². The molecule has 2 aromatic heterocycles. The van der Waals surface area contributed by atoms with E-state index in [-0.39, 0.29) is 24.1 Å². The average Bonchev–Trinajstić information content (AvgIpc) is 2.52. The van der Waals surface area contributed by atoms with E-state index in [0.717, 1.165) is 6.07 Å². The molecule has 8 heteroatoms. The number of anilines is 1. The van der Waals surface area contributed by atoms with Crippen LogP contribution in [0.4, 0.5) is 19.0 Å². The van der Waals surface area contributed by atoms with Gasteiger partial charge in [0.15, 0.2) is 11.5 Å². The summed E-state index contributed by atoms with van der Waals surface area (Å²) in [6, 6.07) is 3.90.